The molecular weight excluding hydrogens is 154 g/mol. The van der Waals surface area contributed by atoms with Crippen LogP contribution < -0.4 is 0 Å². The molecule has 12 heavy (non-hydrogen) atoms. The SMILES string of the molecule is CCOCCn1cc(C#N)cn1. The standard InChI is InChI=1S/C8H11N3O/c1-2-12-4-3-11-7-8(5-9)6-10-11/h6-7H,2-4H2,1H3. The highest BCUT2D eigenvalue weighted by Crippen LogP contribution is 1.94. The van der Waals surface area contributed by atoms with Gasteiger partial charge in [-0.2, -0.15) is 10.4 Å². The third-order valence-corrected chi connectivity index (χ3v) is 1.43. The van der Waals surface area contributed by atoms with Crippen molar-refractivity contribution in [2.24, 2.45) is 0 Å². The maximum Gasteiger partial charge on any atom is 0.102 e. The van der Waals surface area contributed by atoms with Gasteiger partial charge in [0.05, 0.1) is 24.9 Å². The van der Waals surface area contributed by atoms with E-state index in [4.69, 9.17) is 10.00 Å². The zero-order valence-corrected chi connectivity index (χ0v) is 7.03. The van der Waals surface area contributed by atoms with Gasteiger partial charge in [0, 0.05) is 12.8 Å². The Hall–Kier alpha value is -1.34. The minimum atomic E-state index is 0.589. The van der Waals surface area contributed by atoms with Crippen molar-refractivity contribution in [3.05, 3.63) is 18.0 Å². The van der Waals surface area contributed by atoms with Crippen LogP contribution in [0.1, 0.15) is 12.5 Å². The van der Waals surface area contributed by atoms with Crippen molar-refractivity contribution in [1.82, 2.24) is 9.78 Å². The highest BCUT2D eigenvalue weighted by Gasteiger charge is 1.95. The first-order valence-electron chi connectivity index (χ1n) is 3.87. The second-order valence-corrected chi connectivity index (χ2v) is 2.30. The highest BCUT2D eigenvalue weighted by atomic mass is 16.5. The predicted molar refractivity (Wildman–Crippen MR) is 43.4 cm³/mol. The van der Waals surface area contributed by atoms with Crippen LogP contribution >= 0.6 is 0 Å². The van der Waals surface area contributed by atoms with Gasteiger partial charge < -0.3 is 4.74 Å². The lowest BCUT2D eigenvalue weighted by atomic mass is 10.4. The van der Waals surface area contributed by atoms with Crippen molar-refractivity contribution in [2.75, 3.05) is 13.2 Å². The average Bonchev–Trinajstić information content (AvgIpc) is 2.53. The van der Waals surface area contributed by atoms with Crippen molar-refractivity contribution in [3.63, 3.8) is 0 Å². The lowest BCUT2D eigenvalue weighted by Gasteiger charge is -1.99. The lowest BCUT2D eigenvalue weighted by molar-refractivity contribution is 0.136. The van der Waals surface area contributed by atoms with Crippen molar-refractivity contribution in [3.8, 4) is 6.07 Å². The van der Waals surface area contributed by atoms with E-state index in [0.29, 0.717) is 25.3 Å². The second kappa shape index (κ2) is 4.52. The number of rotatable bonds is 4. The van der Waals surface area contributed by atoms with Gasteiger partial charge in [0.2, 0.25) is 0 Å². The van der Waals surface area contributed by atoms with Gasteiger partial charge in [-0.1, -0.05) is 0 Å². The van der Waals surface area contributed by atoms with Gasteiger partial charge in [0.15, 0.2) is 0 Å². The van der Waals surface area contributed by atoms with E-state index in [1.165, 1.54) is 0 Å². The van der Waals surface area contributed by atoms with E-state index in [0.717, 1.165) is 0 Å². The fourth-order valence-corrected chi connectivity index (χ4v) is 0.846. The maximum atomic E-state index is 8.49. The van der Waals surface area contributed by atoms with Gasteiger partial charge >= 0.3 is 0 Å². The molecule has 0 aromatic carbocycles. The first-order chi connectivity index (χ1) is 5.86. The van der Waals surface area contributed by atoms with Crippen LogP contribution in [-0.4, -0.2) is 23.0 Å². The van der Waals surface area contributed by atoms with E-state index in [1.54, 1.807) is 17.1 Å². The van der Waals surface area contributed by atoms with E-state index in [9.17, 15) is 0 Å². The summed E-state index contributed by atoms with van der Waals surface area (Å²) in [6.45, 7) is 4.01. The summed E-state index contributed by atoms with van der Waals surface area (Å²) < 4.78 is 6.84. The quantitative estimate of drug-likeness (QED) is 0.620. The molecular formula is C8H11N3O. The van der Waals surface area contributed by atoms with E-state index >= 15 is 0 Å². The molecule has 1 aromatic rings. The lowest BCUT2D eigenvalue weighted by Crippen LogP contribution is -2.05. The Balaban J connectivity index is 2.38. The Bertz CT molecular complexity index is 274. The van der Waals surface area contributed by atoms with E-state index in [1.807, 2.05) is 13.0 Å². The molecule has 0 aliphatic carbocycles. The smallest absolute Gasteiger partial charge is 0.102 e. The molecule has 0 atom stereocenters. The van der Waals surface area contributed by atoms with Crippen LogP contribution in [0.5, 0.6) is 0 Å². The van der Waals surface area contributed by atoms with Crippen LogP contribution in [0.15, 0.2) is 12.4 Å². The number of hydrogen-bond acceptors (Lipinski definition) is 3. The molecule has 0 saturated carbocycles. The van der Waals surface area contributed by atoms with Crippen molar-refractivity contribution in [2.45, 2.75) is 13.5 Å². The second-order valence-electron chi connectivity index (χ2n) is 2.30. The molecule has 0 fully saturated rings. The fraction of sp³-hybridized carbons (Fsp3) is 0.500. The minimum absolute atomic E-state index is 0.589. The molecule has 0 N–H and O–H groups in total. The Morgan fingerprint density at radius 2 is 2.58 bits per heavy atom. The van der Waals surface area contributed by atoms with Crippen LogP contribution in [-0.2, 0) is 11.3 Å². The van der Waals surface area contributed by atoms with Crippen molar-refractivity contribution < 1.29 is 4.74 Å². The summed E-state index contributed by atoms with van der Waals surface area (Å²) in [5.41, 5.74) is 0.589. The molecule has 1 aromatic heterocycles. The fourth-order valence-electron chi connectivity index (χ4n) is 0.846. The van der Waals surface area contributed by atoms with Crippen LogP contribution in [0.25, 0.3) is 0 Å². The van der Waals surface area contributed by atoms with Gasteiger partial charge in [0.1, 0.15) is 6.07 Å². The Morgan fingerprint density at radius 3 is 3.17 bits per heavy atom. The maximum absolute atomic E-state index is 8.49. The summed E-state index contributed by atoms with van der Waals surface area (Å²) in [7, 11) is 0. The molecule has 64 valence electrons. The van der Waals surface area contributed by atoms with Crippen LogP contribution in [0.3, 0.4) is 0 Å². The third-order valence-electron chi connectivity index (χ3n) is 1.43. The van der Waals surface area contributed by atoms with Gasteiger partial charge in [-0.05, 0) is 6.92 Å². The van der Waals surface area contributed by atoms with Crippen LogP contribution in [0.2, 0.25) is 0 Å². The average molecular weight is 165 g/mol. The molecule has 4 nitrogen and oxygen atoms in total. The van der Waals surface area contributed by atoms with E-state index < -0.39 is 0 Å². The summed E-state index contributed by atoms with van der Waals surface area (Å²) in [4.78, 5) is 0. The number of ether oxygens (including phenoxy) is 1. The Kier molecular flexibility index (Phi) is 3.30. The molecule has 0 radical (unpaired) electrons. The molecule has 1 rings (SSSR count). The molecule has 0 unspecified atom stereocenters. The zero-order chi connectivity index (χ0) is 8.81. The highest BCUT2D eigenvalue weighted by molar-refractivity contribution is 5.21. The predicted octanol–water partition coefficient (Wildman–Crippen LogP) is 0.791. The summed E-state index contributed by atoms with van der Waals surface area (Å²) in [6, 6.07) is 2.01. The zero-order valence-electron chi connectivity index (χ0n) is 7.03. The van der Waals surface area contributed by atoms with Crippen LogP contribution in [0.4, 0.5) is 0 Å². The summed E-state index contributed by atoms with van der Waals surface area (Å²) in [6.07, 6.45) is 3.25. The molecule has 0 amide bonds. The molecule has 0 aliphatic heterocycles. The largest absolute Gasteiger partial charge is 0.380 e. The van der Waals surface area contributed by atoms with Crippen LogP contribution in [0, 0.1) is 11.3 Å². The molecule has 4 heteroatoms. The normalized spacial score (nSPS) is 9.67. The Morgan fingerprint density at radius 1 is 1.75 bits per heavy atom. The number of hydrogen-bond donors (Lipinski definition) is 0. The Labute approximate surface area is 71.4 Å². The third kappa shape index (κ3) is 2.36. The van der Waals surface area contributed by atoms with Gasteiger partial charge in [0.25, 0.3) is 0 Å². The summed E-state index contributed by atoms with van der Waals surface area (Å²) >= 11 is 0. The van der Waals surface area contributed by atoms with E-state index in [-0.39, 0.29) is 0 Å². The first kappa shape index (κ1) is 8.75. The molecule has 0 spiro atoms. The van der Waals surface area contributed by atoms with Crippen molar-refractivity contribution >= 4 is 0 Å². The molecule has 1 heterocycles. The number of nitriles is 1. The molecule has 0 saturated heterocycles. The molecule has 0 aliphatic rings. The minimum Gasteiger partial charge on any atom is -0.380 e. The first-order valence-corrected chi connectivity index (χ1v) is 3.87. The van der Waals surface area contributed by atoms with Crippen molar-refractivity contribution in [1.29, 1.82) is 5.26 Å². The topological polar surface area (TPSA) is 50.8 Å². The number of aromatic nitrogens is 2. The van der Waals surface area contributed by atoms with E-state index in [2.05, 4.69) is 5.10 Å². The number of nitrogens with zero attached hydrogens (tertiary/aromatic N) is 3. The van der Waals surface area contributed by atoms with Gasteiger partial charge in [-0.25, -0.2) is 0 Å². The van der Waals surface area contributed by atoms with Gasteiger partial charge in [-0.3, -0.25) is 4.68 Å². The monoisotopic (exact) mass is 165 g/mol. The summed E-state index contributed by atoms with van der Waals surface area (Å²) in [5.74, 6) is 0. The van der Waals surface area contributed by atoms with Gasteiger partial charge in [-0.15, -0.1) is 0 Å². The summed E-state index contributed by atoms with van der Waals surface area (Å²) in [5, 5.41) is 12.5. The molecule has 0 bridgehead atoms.